The van der Waals surface area contributed by atoms with Crippen LogP contribution in [0.25, 0.3) is 5.95 Å². The highest BCUT2D eigenvalue weighted by atomic mass is 16.5. The number of rotatable bonds is 9. The number of amides is 1. The number of carbonyl (C=O) groups excluding carboxylic acids is 2. The third kappa shape index (κ3) is 5.92. The number of hydrogen-bond acceptors (Lipinski definition) is 8. The molecular weight excluding hydrogens is 472 g/mol. The van der Waals surface area contributed by atoms with Crippen molar-refractivity contribution in [1.29, 1.82) is 0 Å². The van der Waals surface area contributed by atoms with E-state index in [1.165, 1.54) is 6.20 Å². The number of nitrogens with one attached hydrogen (secondary N) is 2. The Labute approximate surface area is 214 Å². The zero-order valence-electron chi connectivity index (χ0n) is 21.1. The minimum absolute atomic E-state index is 0.133. The van der Waals surface area contributed by atoms with E-state index in [4.69, 9.17) is 9.47 Å². The monoisotopic (exact) mass is 500 g/mol. The van der Waals surface area contributed by atoms with Gasteiger partial charge in [-0.2, -0.15) is 10.1 Å². The van der Waals surface area contributed by atoms with Crippen LogP contribution in [0.2, 0.25) is 0 Å². The van der Waals surface area contributed by atoms with Crippen LogP contribution < -0.4 is 15.4 Å². The second-order valence-electron chi connectivity index (χ2n) is 8.07. The van der Waals surface area contributed by atoms with Gasteiger partial charge in [-0.25, -0.2) is 14.5 Å². The molecule has 37 heavy (non-hydrogen) atoms. The molecule has 0 aliphatic heterocycles. The largest absolute Gasteiger partial charge is 0.494 e. The maximum atomic E-state index is 13.2. The van der Waals surface area contributed by atoms with Crippen LogP contribution >= 0.6 is 0 Å². The Hall–Kier alpha value is -4.73. The summed E-state index contributed by atoms with van der Waals surface area (Å²) in [5, 5.41) is 10.4. The molecule has 10 nitrogen and oxygen atoms in total. The van der Waals surface area contributed by atoms with Crippen LogP contribution in [-0.4, -0.2) is 44.8 Å². The predicted molar refractivity (Wildman–Crippen MR) is 140 cm³/mol. The molecule has 0 radical (unpaired) electrons. The first-order valence-corrected chi connectivity index (χ1v) is 11.9. The Morgan fingerprint density at radius 2 is 1.73 bits per heavy atom. The number of anilines is 3. The van der Waals surface area contributed by atoms with Gasteiger partial charge in [-0.3, -0.25) is 4.79 Å². The molecule has 0 saturated carbocycles. The summed E-state index contributed by atoms with van der Waals surface area (Å²) < 4.78 is 12.2. The number of para-hydroxylation sites is 1. The Balaban J connectivity index is 1.66. The third-order valence-electron chi connectivity index (χ3n) is 5.32. The molecule has 0 aliphatic carbocycles. The van der Waals surface area contributed by atoms with Crippen molar-refractivity contribution in [2.24, 2.45) is 0 Å². The fourth-order valence-electron chi connectivity index (χ4n) is 3.68. The number of aromatic nitrogens is 4. The van der Waals surface area contributed by atoms with Gasteiger partial charge in [0.25, 0.3) is 11.9 Å². The predicted octanol–water partition coefficient (Wildman–Crippen LogP) is 4.85. The van der Waals surface area contributed by atoms with Gasteiger partial charge >= 0.3 is 5.97 Å². The molecule has 0 bridgehead atoms. The summed E-state index contributed by atoms with van der Waals surface area (Å²) in [7, 11) is 0. The standard InChI is InChI=1S/C27H28N6O4/c1-5-36-20-13-11-19(12-14-20)29-25(34)21-9-7-8-10-23(21)30-24-22(26(35)37-6-2)16-28-27(31-24)33-18(4)15-17(3)32-33/h7-16H,5-6H2,1-4H3,(H,29,34)(H,28,30,31). The van der Waals surface area contributed by atoms with E-state index in [1.807, 2.05) is 26.8 Å². The van der Waals surface area contributed by atoms with Crippen LogP contribution in [0.1, 0.15) is 46.0 Å². The van der Waals surface area contributed by atoms with Crippen molar-refractivity contribution in [3.63, 3.8) is 0 Å². The van der Waals surface area contributed by atoms with Crippen molar-refractivity contribution < 1.29 is 19.1 Å². The topological polar surface area (TPSA) is 120 Å². The average Bonchev–Trinajstić information content (AvgIpc) is 3.23. The molecule has 0 spiro atoms. The Morgan fingerprint density at radius 1 is 0.973 bits per heavy atom. The van der Waals surface area contributed by atoms with Gasteiger partial charge in [-0.15, -0.1) is 0 Å². The summed E-state index contributed by atoms with van der Waals surface area (Å²) in [6.45, 7) is 8.13. The van der Waals surface area contributed by atoms with E-state index >= 15 is 0 Å². The summed E-state index contributed by atoms with van der Waals surface area (Å²) in [4.78, 5) is 34.7. The van der Waals surface area contributed by atoms with E-state index in [-0.39, 0.29) is 29.8 Å². The SMILES string of the molecule is CCOC(=O)c1cnc(-n2nc(C)cc2C)nc1Nc1ccccc1C(=O)Nc1ccc(OCC)cc1. The van der Waals surface area contributed by atoms with E-state index in [1.54, 1.807) is 60.1 Å². The second-order valence-corrected chi connectivity index (χ2v) is 8.07. The molecule has 2 aromatic carbocycles. The quantitative estimate of drug-likeness (QED) is 0.313. The third-order valence-corrected chi connectivity index (χ3v) is 5.32. The van der Waals surface area contributed by atoms with Crippen LogP contribution in [0.4, 0.5) is 17.2 Å². The van der Waals surface area contributed by atoms with Crippen molar-refractivity contribution in [3.8, 4) is 11.7 Å². The number of esters is 1. The second kappa shape index (κ2) is 11.3. The molecule has 0 saturated heterocycles. The van der Waals surface area contributed by atoms with Crippen LogP contribution in [-0.2, 0) is 4.74 Å². The summed E-state index contributed by atoms with van der Waals surface area (Å²) >= 11 is 0. The highest BCUT2D eigenvalue weighted by molar-refractivity contribution is 6.08. The zero-order chi connectivity index (χ0) is 26.4. The average molecular weight is 501 g/mol. The summed E-state index contributed by atoms with van der Waals surface area (Å²) in [5.41, 5.74) is 3.20. The van der Waals surface area contributed by atoms with Gasteiger partial charge in [0.1, 0.15) is 11.3 Å². The van der Waals surface area contributed by atoms with E-state index in [9.17, 15) is 9.59 Å². The molecule has 4 aromatic rings. The van der Waals surface area contributed by atoms with Gasteiger partial charge in [-0.1, -0.05) is 12.1 Å². The molecule has 2 aromatic heterocycles. The van der Waals surface area contributed by atoms with Gasteiger partial charge in [-0.05, 0) is 70.2 Å². The van der Waals surface area contributed by atoms with Crippen molar-refractivity contribution in [3.05, 3.63) is 83.3 Å². The van der Waals surface area contributed by atoms with E-state index in [0.717, 1.165) is 17.1 Å². The van der Waals surface area contributed by atoms with Gasteiger partial charge in [0, 0.05) is 17.6 Å². The molecular formula is C27H28N6O4. The first-order chi connectivity index (χ1) is 17.9. The van der Waals surface area contributed by atoms with Gasteiger partial charge in [0.05, 0.1) is 30.2 Å². The minimum Gasteiger partial charge on any atom is -0.494 e. The van der Waals surface area contributed by atoms with E-state index in [2.05, 4.69) is 25.7 Å². The van der Waals surface area contributed by atoms with Crippen LogP contribution in [0, 0.1) is 13.8 Å². The molecule has 2 N–H and O–H groups in total. The normalized spacial score (nSPS) is 10.6. The van der Waals surface area contributed by atoms with Crippen molar-refractivity contribution >= 4 is 29.1 Å². The number of carbonyl (C=O) groups is 2. The first-order valence-electron chi connectivity index (χ1n) is 11.9. The number of ether oxygens (including phenoxy) is 2. The lowest BCUT2D eigenvalue weighted by Crippen LogP contribution is -2.16. The highest BCUT2D eigenvalue weighted by Gasteiger charge is 2.20. The number of nitrogens with zero attached hydrogens (tertiary/aromatic N) is 4. The lowest BCUT2D eigenvalue weighted by molar-refractivity contribution is 0.0526. The summed E-state index contributed by atoms with van der Waals surface area (Å²) in [6, 6.07) is 16.0. The summed E-state index contributed by atoms with van der Waals surface area (Å²) in [6.07, 6.45) is 1.39. The molecule has 0 unspecified atom stereocenters. The van der Waals surface area contributed by atoms with E-state index in [0.29, 0.717) is 23.5 Å². The maximum Gasteiger partial charge on any atom is 0.343 e. The number of aryl methyl sites for hydroxylation is 2. The van der Waals surface area contributed by atoms with Gasteiger partial charge in [0.2, 0.25) is 0 Å². The van der Waals surface area contributed by atoms with Crippen molar-refractivity contribution in [2.75, 3.05) is 23.8 Å². The molecule has 2 heterocycles. The molecule has 1 amide bonds. The number of hydrogen-bond donors (Lipinski definition) is 2. The highest BCUT2D eigenvalue weighted by Crippen LogP contribution is 2.25. The minimum atomic E-state index is -0.582. The lowest BCUT2D eigenvalue weighted by atomic mass is 10.1. The lowest BCUT2D eigenvalue weighted by Gasteiger charge is -2.15. The maximum absolute atomic E-state index is 13.2. The molecule has 0 fully saturated rings. The Morgan fingerprint density at radius 3 is 2.41 bits per heavy atom. The zero-order valence-corrected chi connectivity index (χ0v) is 21.1. The van der Waals surface area contributed by atoms with Crippen molar-refractivity contribution in [2.45, 2.75) is 27.7 Å². The molecule has 4 rings (SSSR count). The van der Waals surface area contributed by atoms with Gasteiger partial charge < -0.3 is 20.1 Å². The molecule has 0 atom stereocenters. The van der Waals surface area contributed by atoms with Crippen molar-refractivity contribution in [1.82, 2.24) is 19.7 Å². The molecule has 190 valence electrons. The fourth-order valence-corrected chi connectivity index (χ4v) is 3.68. The summed E-state index contributed by atoms with van der Waals surface area (Å²) in [5.74, 6) is 0.269. The van der Waals surface area contributed by atoms with Gasteiger partial charge in [0.15, 0.2) is 5.82 Å². The fraction of sp³-hybridized carbons (Fsp3) is 0.222. The first kappa shape index (κ1) is 25.4. The molecule has 10 heteroatoms. The van der Waals surface area contributed by atoms with Crippen LogP contribution in [0.15, 0.2) is 60.8 Å². The smallest absolute Gasteiger partial charge is 0.343 e. The van der Waals surface area contributed by atoms with Crippen LogP contribution in [0.3, 0.4) is 0 Å². The van der Waals surface area contributed by atoms with Crippen LogP contribution in [0.5, 0.6) is 5.75 Å². The Bertz CT molecular complexity index is 1410. The van der Waals surface area contributed by atoms with E-state index < -0.39 is 5.97 Å². The Kier molecular flexibility index (Phi) is 7.77. The number of benzene rings is 2. The molecule has 0 aliphatic rings.